The highest BCUT2D eigenvalue weighted by atomic mass is 32.2. The van der Waals surface area contributed by atoms with Crippen molar-refractivity contribution < 1.29 is 14.7 Å². The van der Waals surface area contributed by atoms with Crippen LogP contribution in [-0.4, -0.2) is 45.8 Å². The fourth-order valence-corrected chi connectivity index (χ4v) is 3.68. The third-order valence-electron chi connectivity index (χ3n) is 2.38. The largest absolute Gasteiger partial charge is 0.480 e. The topological polar surface area (TPSA) is 79.3 Å². The van der Waals surface area contributed by atoms with Crippen LogP contribution in [0.5, 0.6) is 0 Å². The molecule has 2 N–H and O–H groups in total. The lowest BCUT2D eigenvalue weighted by Gasteiger charge is -2.13. The van der Waals surface area contributed by atoms with Crippen LogP contribution in [0.3, 0.4) is 0 Å². The highest BCUT2D eigenvalue weighted by Crippen LogP contribution is 2.22. The van der Waals surface area contributed by atoms with E-state index >= 15 is 0 Å². The number of thioether (sulfide) groups is 2. The van der Waals surface area contributed by atoms with Crippen LogP contribution in [-0.2, 0) is 16.0 Å². The number of thiazole rings is 1. The van der Waals surface area contributed by atoms with Gasteiger partial charge in [0.25, 0.3) is 0 Å². The van der Waals surface area contributed by atoms with Gasteiger partial charge in [0.1, 0.15) is 10.4 Å². The van der Waals surface area contributed by atoms with Crippen molar-refractivity contribution in [2.45, 2.75) is 30.1 Å². The first-order chi connectivity index (χ1) is 9.56. The number of aliphatic carboxylic acids is 1. The van der Waals surface area contributed by atoms with Crippen molar-refractivity contribution in [1.82, 2.24) is 10.3 Å². The van der Waals surface area contributed by atoms with Crippen LogP contribution >= 0.6 is 34.9 Å². The number of hydrogen-bond acceptors (Lipinski definition) is 6. The Balaban J connectivity index is 2.49. The molecule has 0 bridgehead atoms. The van der Waals surface area contributed by atoms with Gasteiger partial charge < -0.3 is 10.4 Å². The predicted octanol–water partition coefficient (Wildman–Crippen LogP) is 2.12. The summed E-state index contributed by atoms with van der Waals surface area (Å²) in [7, 11) is 0. The second-order valence-electron chi connectivity index (χ2n) is 3.95. The zero-order chi connectivity index (χ0) is 15.0. The first-order valence-electron chi connectivity index (χ1n) is 6.15. The minimum atomic E-state index is -0.993. The molecule has 0 aliphatic heterocycles. The van der Waals surface area contributed by atoms with Crippen molar-refractivity contribution in [2.24, 2.45) is 0 Å². The van der Waals surface area contributed by atoms with Gasteiger partial charge in [0.2, 0.25) is 5.91 Å². The lowest BCUT2D eigenvalue weighted by molar-refractivity contribution is -0.141. The third-order valence-corrected chi connectivity index (χ3v) is 4.98. The number of nitrogens with zero attached hydrogens (tertiary/aromatic N) is 1. The predicted molar refractivity (Wildman–Crippen MR) is 84.8 cm³/mol. The average Bonchev–Trinajstić information content (AvgIpc) is 2.82. The molecule has 0 aliphatic rings. The summed E-state index contributed by atoms with van der Waals surface area (Å²) in [6, 6.07) is -0.821. The van der Waals surface area contributed by atoms with Crippen molar-refractivity contribution in [3.8, 4) is 0 Å². The average molecular weight is 334 g/mol. The summed E-state index contributed by atoms with van der Waals surface area (Å²) in [5.74, 6) is 0.352. The van der Waals surface area contributed by atoms with Crippen molar-refractivity contribution in [2.75, 3.05) is 17.8 Å². The number of carbonyl (C=O) groups is 2. The minimum Gasteiger partial charge on any atom is -0.480 e. The van der Waals surface area contributed by atoms with Crippen LogP contribution in [0, 0.1) is 0 Å². The summed E-state index contributed by atoms with van der Waals surface area (Å²) < 4.78 is 0.937. The van der Waals surface area contributed by atoms with E-state index in [0.29, 0.717) is 17.9 Å². The summed E-state index contributed by atoms with van der Waals surface area (Å²) in [6.07, 6.45) is 2.46. The van der Waals surface area contributed by atoms with Crippen LogP contribution in [0.4, 0.5) is 0 Å². The smallest absolute Gasteiger partial charge is 0.326 e. The zero-order valence-corrected chi connectivity index (χ0v) is 13.9. The monoisotopic (exact) mass is 334 g/mol. The van der Waals surface area contributed by atoms with Gasteiger partial charge in [-0.05, 0) is 24.2 Å². The number of carboxylic acids is 1. The molecule has 0 aliphatic carbocycles. The quantitative estimate of drug-likeness (QED) is 0.674. The SMILES string of the molecule is CCSc1nc(CC(=O)NC(CCSC)C(=O)O)cs1. The number of amides is 1. The molecule has 20 heavy (non-hydrogen) atoms. The number of nitrogens with one attached hydrogen (secondary N) is 1. The third kappa shape index (κ3) is 6.15. The van der Waals surface area contributed by atoms with Crippen LogP contribution < -0.4 is 5.32 Å². The molecular formula is C12H18N2O3S3. The van der Waals surface area contributed by atoms with Crippen LogP contribution in [0.2, 0.25) is 0 Å². The Kier molecular flexibility index (Phi) is 8.01. The van der Waals surface area contributed by atoms with Gasteiger partial charge in [0.15, 0.2) is 0 Å². The lowest BCUT2D eigenvalue weighted by Crippen LogP contribution is -2.41. The molecule has 1 rings (SSSR count). The second kappa shape index (κ2) is 9.25. The van der Waals surface area contributed by atoms with E-state index in [4.69, 9.17) is 5.11 Å². The molecule has 0 spiro atoms. The molecular weight excluding hydrogens is 316 g/mol. The maximum absolute atomic E-state index is 11.8. The van der Waals surface area contributed by atoms with E-state index in [1.807, 2.05) is 18.6 Å². The van der Waals surface area contributed by atoms with E-state index in [2.05, 4.69) is 10.3 Å². The van der Waals surface area contributed by atoms with Gasteiger partial charge in [0, 0.05) is 5.38 Å². The Morgan fingerprint density at radius 3 is 2.90 bits per heavy atom. The maximum atomic E-state index is 11.8. The van der Waals surface area contributed by atoms with E-state index in [1.165, 1.54) is 11.3 Å². The Hall–Kier alpha value is -0.730. The molecule has 1 aromatic heterocycles. The van der Waals surface area contributed by atoms with E-state index < -0.39 is 12.0 Å². The molecule has 0 saturated heterocycles. The van der Waals surface area contributed by atoms with Gasteiger partial charge in [0.05, 0.1) is 12.1 Å². The van der Waals surface area contributed by atoms with Gasteiger partial charge in [-0.25, -0.2) is 9.78 Å². The van der Waals surface area contributed by atoms with E-state index in [-0.39, 0.29) is 12.3 Å². The number of rotatable bonds is 9. The molecule has 1 heterocycles. The molecule has 0 fully saturated rings. The fraction of sp³-hybridized carbons (Fsp3) is 0.583. The first kappa shape index (κ1) is 17.3. The maximum Gasteiger partial charge on any atom is 0.326 e. The van der Waals surface area contributed by atoms with Crippen LogP contribution in [0.15, 0.2) is 9.72 Å². The molecule has 1 amide bonds. The molecule has 5 nitrogen and oxygen atoms in total. The van der Waals surface area contributed by atoms with Crippen molar-refractivity contribution in [3.63, 3.8) is 0 Å². The Bertz CT molecular complexity index is 451. The van der Waals surface area contributed by atoms with Crippen molar-refractivity contribution >= 4 is 46.7 Å². The van der Waals surface area contributed by atoms with Gasteiger partial charge in [-0.1, -0.05) is 18.7 Å². The van der Waals surface area contributed by atoms with Gasteiger partial charge in [-0.2, -0.15) is 11.8 Å². The van der Waals surface area contributed by atoms with E-state index in [1.54, 1.807) is 23.5 Å². The van der Waals surface area contributed by atoms with Gasteiger partial charge in [-0.15, -0.1) is 11.3 Å². The zero-order valence-electron chi connectivity index (χ0n) is 11.4. The number of aromatic nitrogens is 1. The Morgan fingerprint density at radius 2 is 2.30 bits per heavy atom. The minimum absolute atomic E-state index is 0.129. The highest BCUT2D eigenvalue weighted by molar-refractivity contribution is 8.00. The van der Waals surface area contributed by atoms with Crippen LogP contribution in [0.25, 0.3) is 0 Å². The van der Waals surface area contributed by atoms with Crippen molar-refractivity contribution in [1.29, 1.82) is 0 Å². The summed E-state index contributed by atoms with van der Waals surface area (Å²) in [6.45, 7) is 2.04. The molecule has 0 radical (unpaired) electrons. The Labute approximate surface area is 130 Å². The van der Waals surface area contributed by atoms with E-state index in [9.17, 15) is 9.59 Å². The molecule has 0 saturated carbocycles. The van der Waals surface area contributed by atoms with Gasteiger partial charge >= 0.3 is 5.97 Å². The van der Waals surface area contributed by atoms with Crippen molar-refractivity contribution in [3.05, 3.63) is 11.1 Å². The lowest BCUT2D eigenvalue weighted by atomic mass is 10.2. The molecule has 1 unspecified atom stereocenters. The fourth-order valence-electron chi connectivity index (χ4n) is 1.46. The number of carboxylic acid groups (broad SMARTS) is 1. The van der Waals surface area contributed by atoms with Gasteiger partial charge in [-0.3, -0.25) is 4.79 Å². The first-order valence-corrected chi connectivity index (χ1v) is 9.41. The molecule has 112 valence electrons. The Morgan fingerprint density at radius 1 is 1.55 bits per heavy atom. The molecule has 1 atom stereocenters. The number of carbonyl (C=O) groups excluding carboxylic acids is 1. The van der Waals surface area contributed by atoms with E-state index in [0.717, 1.165) is 10.1 Å². The van der Waals surface area contributed by atoms with Crippen LogP contribution in [0.1, 0.15) is 19.0 Å². The normalized spacial score (nSPS) is 12.1. The summed E-state index contributed by atoms with van der Waals surface area (Å²) in [5.41, 5.74) is 0.692. The number of hydrogen-bond donors (Lipinski definition) is 2. The summed E-state index contributed by atoms with van der Waals surface area (Å²) >= 11 is 4.70. The standard InChI is InChI=1S/C12H18N2O3S3/c1-3-19-12-13-8(7-20-12)6-10(15)14-9(11(16)17)4-5-18-2/h7,9H,3-6H2,1-2H3,(H,14,15)(H,16,17). The molecule has 1 aromatic rings. The second-order valence-corrected chi connectivity index (χ2v) is 7.31. The summed E-state index contributed by atoms with van der Waals surface area (Å²) in [4.78, 5) is 27.2. The molecule has 0 aromatic carbocycles. The molecule has 8 heteroatoms. The summed E-state index contributed by atoms with van der Waals surface area (Å²) in [5, 5.41) is 13.4. The highest BCUT2D eigenvalue weighted by Gasteiger charge is 2.19.